The quantitative estimate of drug-likeness (QED) is 0.261. The van der Waals surface area contributed by atoms with Gasteiger partial charge in [-0.05, 0) is 48.4 Å². The summed E-state index contributed by atoms with van der Waals surface area (Å²) >= 11 is 0. The molecule has 2 aromatic carbocycles. The highest BCUT2D eigenvalue weighted by Crippen LogP contribution is 2.35. The van der Waals surface area contributed by atoms with E-state index in [2.05, 4.69) is 59.2 Å². The summed E-state index contributed by atoms with van der Waals surface area (Å²) in [4.78, 5) is 36.9. The number of aromatic nitrogens is 4. The lowest BCUT2D eigenvalue weighted by atomic mass is 9.87. The summed E-state index contributed by atoms with van der Waals surface area (Å²) in [5.74, 6) is 0.392. The van der Waals surface area contributed by atoms with E-state index in [9.17, 15) is 13.2 Å². The Morgan fingerprint density at radius 1 is 1.00 bits per heavy atom. The largest absolute Gasteiger partial charge is 0.475 e. The van der Waals surface area contributed by atoms with E-state index in [4.69, 9.17) is 14.5 Å². The second-order valence-corrected chi connectivity index (χ2v) is 16.0. The van der Waals surface area contributed by atoms with Gasteiger partial charge in [-0.1, -0.05) is 65.0 Å². The van der Waals surface area contributed by atoms with Crippen molar-refractivity contribution in [1.29, 1.82) is 0 Å². The van der Waals surface area contributed by atoms with Crippen LogP contribution in [0.15, 0.2) is 65.8 Å². The Bertz CT molecular complexity index is 1960. The molecule has 1 amide bonds. The van der Waals surface area contributed by atoms with Crippen molar-refractivity contribution in [3.05, 3.63) is 83.4 Å². The molecule has 4 aromatic rings. The van der Waals surface area contributed by atoms with Crippen LogP contribution in [0.25, 0.3) is 11.3 Å². The molecule has 2 aliphatic heterocycles. The number of amides is 1. The molecule has 13 heteroatoms. The van der Waals surface area contributed by atoms with Gasteiger partial charge in [0.1, 0.15) is 12.4 Å². The van der Waals surface area contributed by atoms with Crippen molar-refractivity contribution in [2.75, 3.05) is 42.5 Å². The highest BCUT2D eigenvalue weighted by atomic mass is 32.2. The summed E-state index contributed by atoms with van der Waals surface area (Å²) in [7, 11) is -4.19. The highest BCUT2D eigenvalue weighted by Gasteiger charge is 2.32. The third-order valence-corrected chi connectivity index (χ3v) is 10.2. The number of carbonyl (C=O) groups excluding carboxylic acids is 1. The third-order valence-electron chi connectivity index (χ3n) is 8.90. The third kappa shape index (κ3) is 7.89. The van der Waals surface area contributed by atoms with E-state index in [0.717, 1.165) is 29.9 Å². The fourth-order valence-electron chi connectivity index (χ4n) is 6.38. The predicted octanol–water partition coefficient (Wildman–Crippen LogP) is 5.84. The number of benzene rings is 2. The minimum absolute atomic E-state index is 0.0859. The van der Waals surface area contributed by atoms with Crippen molar-refractivity contribution in [2.24, 2.45) is 5.41 Å². The Kier molecular flexibility index (Phi) is 10.1. The molecule has 0 saturated carbocycles. The van der Waals surface area contributed by atoms with Gasteiger partial charge in [-0.3, -0.25) is 4.79 Å². The van der Waals surface area contributed by atoms with Crippen molar-refractivity contribution >= 4 is 27.6 Å². The molecule has 2 aliphatic rings. The molecule has 0 radical (unpaired) electrons. The molecule has 2 aromatic heterocycles. The lowest BCUT2D eigenvalue weighted by Crippen LogP contribution is -2.45. The average molecular weight is 700 g/mol. The van der Waals surface area contributed by atoms with Gasteiger partial charge in [-0.2, -0.15) is 4.98 Å². The normalized spacial score (nSPS) is 18.1. The number of morpholine rings is 1. The summed E-state index contributed by atoms with van der Waals surface area (Å²) in [6, 6.07) is 13.5. The van der Waals surface area contributed by atoms with E-state index in [1.165, 1.54) is 12.1 Å². The molecule has 12 nitrogen and oxygen atoms in total. The molecular weight excluding hydrogens is 655 g/mol. The van der Waals surface area contributed by atoms with E-state index >= 15 is 0 Å². The molecule has 1 saturated heterocycles. The summed E-state index contributed by atoms with van der Waals surface area (Å²) in [6.07, 6.45) is 4.12. The Morgan fingerprint density at radius 3 is 2.42 bits per heavy atom. The number of fused-ring (bicyclic) bond motifs is 4. The van der Waals surface area contributed by atoms with E-state index in [-0.39, 0.29) is 52.7 Å². The topological polar surface area (TPSA) is 140 Å². The number of ether oxygens (including phenoxy) is 2. The van der Waals surface area contributed by atoms with E-state index in [1.54, 1.807) is 29.4 Å². The molecule has 0 spiro atoms. The van der Waals surface area contributed by atoms with Crippen LogP contribution in [0.4, 0.5) is 11.6 Å². The molecule has 6 rings (SSSR count). The number of hydrogen-bond donors (Lipinski definition) is 1. The van der Waals surface area contributed by atoms with Gasteiger partial charge >= 0.3 is 0 Å². The summed E-state index contributed by atoms with van der Waals surface area (Å²) in [5.41, 5.74) is 4.04. The van der Waals surface area contributed by atoms with Crippen LogP contribution in [-0.4, -0.2) is 78.1 Å². The lowest BCUT2D eigenvalue weighted by Gasteiger charge is -2.35. The van der Waals surface area contributed by atoms with Crippen LogP contribution in [0.2, 0.25) is 0 Å². The van der Waals surface area contributed by atoms with E-state index in [0.29, 0.717) is 36.7 Å². The maximum atomic E-state index is 14.5. The van der Waals surface area contributed by atoms with Gasteiger partial charge in [0.15, 0.2) is 0 Å². The Balaban J connectivity index is 1.46. The predicted molar refractivity (Wildman–Crippen MR) is 192 cm³/mol. The summed E-state index contributed by atoms with van der Waals surface area (Å²) < 4.78 is 42.1. The van der Waals surface area contributed by atoms with Crippen LogP contribution in [0, 0.1) is 12.3 Å². The van der Waals surface area contributed by atoms with Crippen molar-refractivity contribution in [2.45, 2.75) is 71.4 Å². The molecule has 0 aliphatic carbocycles. The summed E-state index contributed by atoms with van der Waals surface area (Å²) in [6.45, 7) is 15.3. The fourth-order valence-corrected chi connectivity index (χ4v) is 7.37. The van der Waals surface area contributed by atoms with Crippen LogP contribution >= 0.6 is 0 Å². The molecule has 4 heterocycles. The molecular formula is C37H45N7O5S. The number of nitrogens with zero attached hydrogens (tertiary/aromatic N) is 6. The first-order valence-electron chi connectivity index (χ1n) is 17.0. The molecule has 0 unspecified atom stereocenters. The number of sulfonamides is 1. The minimum atomic E-state index is -4.19. The van der Waals surface area contributed by atoms with Gasteiger partial charge in [-0.15, -0.1) is 0 Å². The molecule has 1 fully saturated rings. The molecule has 50 heavy (non-hydrogen) atoms. The van der Waals surface area contributed by atoms with Gasteiger partial charge in [0.25, 0.3) is 15.9 Å². The monoisotopic (exact) mass is 699 g/mol. The average Bonchev–Trinajstić information content (AvgIpc) is 3.09. The van der Waals surface area contributed by atoms with Crippen molar-refractivity contribution in [3.8, 4) is 17.1 Å². The standard InChI is InChI=1S/C37H45N7O5S/c1-24(2)30-12-7-8-13-31(30)33-25(3)34-41-36(40-33)42-50(46,47)29-11-9-10-26(18-29)35(45)44(27(23-49-34)19-37(4,5)6)22-32-38-20-28(21-39-32)43-14-16-48-17-15-43/h7-13,18,20-21,24,27H,14-17,19,22-23H2,1-6H3,(H,40,41,42)/t27-/m1/s1. The lowest BCUT2D eigenvalue weighted by molar-refractivity contribution is 0.0504. The first kappa shape index (κ1) is 35.2. The second kappa shape index (κ2) is 14.3. The number of rotatable bonds is 6. The smallest absolute Gasteiger partial charge is 0.264 e. The van der Waals surface area contributed by atoms with Gasteiger partial charge in [0.2, 0.25) is 11.8 Å². The number of hydrogen-bond acceptors (Lipinski definition) is 10. The molecule has 264 valence electrons. The molecule has 1 N–H and O–H groups in total. The van der Waals surface area contributed by atoms with Crippen LogP contribution in [0.3, 0.4) is 0 Å². The van der Waals surface area contributed by atoms with Crippen molar-refractivity contribution < 1.29 is 22.7 Å². The zero-order chi connectivity index (χ0) is 35.6. The molecule has 1 atom stereocenters. The van der Waals surface area contributed by atoms with Crippen molar-refractivity contribution in [3.63, 3.8) is 0 Å². The van der Waals surface area contributed by atoms with E-state index in [1.807, 2.05) is 31.2 Å². The first-order valence-corrected chi connectivity index (χ1v) is 18.5. The van der Waals surface area contributed by atoms with Crippen LogP contribution in [0.1, 0.15) is 74.3 Å². The Labute approximate surface area is 294 Å². The number of carbonyl (C=O) groups is 1. The number of nitrogens with one attached hydrogen (secondary N) is 1. The molecule has 4 bridgehead atoms. The van der Waals surface area contributed by atoms with Crippen LogP contribution < -0.4 is 14.4 Å². The van der Waals surface area contributed by atoms with Gasteiger partial charge in [0.05, 0.1) is 54.5 Å². The second-order valence-electron chi connectivity index (χ2n) is 14.3. The first-order chi connectivity index (χ1) is 23.8. The van der Waals surface area contributed by atoms with E-state index < -0.39 is 16.1 Å². The maximum Gasteiger partial charge on any atom is 0.264 e. The zero-order valence-electron chi connectivity index (χ0n) is 29.5. The van der Waals surface area contributed by atoms with Crippen LogP contribution in [0.5, 0.6) is 5.88 Å². The highest BCUT2D eigenvalue weighted by molar-refractivity contribution is 7.92. The van der Waals surface area contributed by atoms with Crippen LogP contribution in [-0.2, 0) is 21.3 Å². The fraction of sp³-hybridized carbons (Fsp3) is 0.432. The van der Waals surface area contributed by atoms with Gasteiger partial charge in [-0.25, -0.2) is 28.1 Å². The van der Waals surface area contributed by atoms with Gasteiger partial charge < -0.3 is 19.3 Å². The van der Waals surface area contributed by atoms with Crippen molar-refractivity contribution in [1.82, 2.24) is 24.8 Å². The summed E-state index contributed by atoms with van der Waals surface area (Å²) in [5, 5.41) is 0. The van der Waals surface area contributed by atoms with Gasteiger partial charge in [0, 0.05) is 29.8 Å². The number of anilines is 2. The SMILES string of the molecule is Cc1c2nc(nc1-c1ccccc1C(C)C)NS(=O)(=O)c1cccc(c1)C(=O)N(Cc1ncc(N3CCOCC3)cn1)[C@H](CC(C)(C)C)CO2. The Hall–Kier alpha value is -4.62. The maximum absolute atomic E-state index is 14.5. The Morgan fingerprint density at radius 2 is 1.72 bits per heavy atom. The zero-order valence-corrected chi connectivity index (χ0v) is 30.3. The minimum Gasteiger partial charge on any atom is -0.475 e.